The van der Waals surface area contributed by atoms with Gasteiger partial charge in [0.05, 0.1) is 32.5 Å². The highest BCUT2D eigenvalue weighted by atomic mass is 16.5. The van der Waals surface area contributed by atoms with E-state index >= 15 is 0 Å². The van der Waals surface area contributed by atoms with Gasteiger partial charge in [-0.05, 0) is 54.0 Å². The first kappa shape index (κ1) is 17.4. The van der Waals surface area contributed by atoms with Crippen molar-refractivity contribution in [1.29, 1.82) is 5.26 Å². The molecule has 0 aliphatic heterocycles. The van der Waals surface area contributed by atoms with Crippen molar-refractivity contribution < 1.29 is 14.2 Å². The first-order valence-corrected chi connectivity index (χ1v) is 7.79. The maximum atomic E-state index is 9.49. The molecule has 0 radical (unpaired) electrons. The van der Waals surface area contributed by atoms with E-state index in [9.17, 15) is 5.26 Å². The van der Waals surface area contributed by atoms with Gasteiger partial charge in [0.2, 0.25) is 0 Å². The summed E-state index contributed by atoms with van der Waals surface area (Å²) in [6.07, 6.45) is 2.81. The Kier molecular flexibility index (Phi) is 6.27. The highest BCUT2D eigenvalue weighted by molar-refractivity contribution is 5.90. The molecule has 4 heteroatoms. The van der Waals surface area contributed by atoms with E-state index in [4.69, 9.17) is 14.2 Å². The van der Waals surface area contributed by atoms with Crippen LogP contribution in [0.4, 0.5) is 0 Å². The van der Waals surface area contributed by atoms with Crippen molar-refractivity contribution in [1.82, 2.24) is 0 Å². The van der Waals surface area contributed by atoms with Crippen LogP contribution in [0.5, 0.6) is 17.2 Å². The molecule has 124 valence electrons. The Morgan fingerprint density at radius 3 is 2.33 bits per heavy atom. The average Bonchev–Trinajstić information content (AvgIpc) is 2.64. The number of hydrogen-bond acceptors (Lipinski definition) is 4. The molecule has 0 amide bonds. The summed E-state index contributed by atoms with van der Waals surface area (Å²) < 4.78 is 16.1. The molecule has 0 N–H and O–H groups in total. The van der Waals surface area contributed by atoms with E-state index in [0.717, 1.165) is 23.3 Å². The van der Waals surface area contributed by atoms with Crippen molar-refractivity contribution in [3.05, 3.63) is 53.6 Å². The van der Waals surface area contributed by atoms with Crippen molar-refractivity contribution in [3.8, 4) is 23.3 Å². The normalized spacial score (nSPS) is 10.8. The average molecular weight is 323 g/mol. The van der Waals surface area contributed by atoms with Gasteiger partial charge in [0.1, 0.15) is 5.75 Å². The Morgan fingerprint density at radius 2 is 1.75 bits per heavy atom. The van der Waals surface area contributed by atoms with Gasteiger partial charge < -0.3 is 14.2 Å². The number of hydrogen-bond donors (Lipinski definition) is 0. The van der Waals surface area contributed by atoms with Crippen LogP contribution in [0.2, 0.25) is 0 Å². The Hall–Kier alpha value is -2.93. The topological polar surface area (TPSA) is 51.5 Å². The van der Waals surface area contributed by atoms with Crippen molar-refractivity contribution in [3.63, 3.8) is 0 Å². The molecule has 0 aromatic heterocycles. The molecule has 0 unspecified atom stereocenters. The number of methoxy groups -OCH3 is 2. The molecule has 24 heavy (non-hydrogen) atoms. The van der Waals surface area contributed by atoms with Crippen molar-refractivity contribution in [2.24, 2.45) is 0 Å². The number of allylic oxidation sites excluding steroid dienone is 1. The summed E-state index contributed by atoms with van der Waals surface area (Å²) in [4.78, 5) is 0. The van der Waals surface area contributed by atoms with Crippen LogP contribution in [0, 0.1) is 11.3 Å². The number of rotatable bonds is 7. The third-order valence-corrected chi connectivity index (χ3v) is 3.48. The standard InChI is InChI=1S/C20H21NO3/c1-4-11-24-18-8-5-15(6-9-18)12-17(14-21)16-7-10-19(22-2)20(13-16)23-3/h5-10,12-13H,4,11H2,1-3H3/b17-12+. The first-order chi connectivity index (χ1) is 11.7. The van der Waals surface area contributed by atoms with Crippen LogP contribution < -0.4 is 14.2 Å². The summed E-state index contributed by atoms with van der Waals surface area (Å²) in [6, 6.07) is 15.4. The number of nitriles is 1. The molecule has 0 atom stereocenters. The second-order valence-electron chi connectivity index (χ2n) is 5.16. The van der Waals surface area contributed by atoms with Crippen LogP contribution >= 0.6 is 0 Å². The van der Waals surface area contributed by atoms with Gasteiger partial charge in [-0.15, -0.1) is 0 Å². The molecular formula is C20H21NO3. The van der Waals surface area contributed by atoms with Gasteiger partial charge in [-0.25, -0.2) is 0 Å². The van der Waals surface area contributed by atoms with Crippen LogP contribution in [0.25, 0.3) is 11.6 Å². The van der Waals surface area contributed by atoms with E-state index in [1.165, 1.54) is 0 Å². The van der Waals surface area contributed by atoms with Gasteiger partial charge >= 0.3 is 0 Å². The zero-order valence-electron chi connectivity index (χ0n) is 14.2. The number of benzene rings is 2. The van der Waals surface area contributed by atoms with Crippen molar-refractivity contribution >= 4 is 11.6 Å². The number of ether oxygens (including phenoxy) is 3. The van der Waals surface area contributed by atoms with E-state index in [2.05, 4.69) is 13.0 Å². The molecule has 0 aliphatic carbocycles. The zero-order valence-corrected chi connectivity index (χ0v) is 14.2. The maximum absolute atomic E-state index is 9.49. The molecule has 2 aromatic rings. The quantitative estimate of drug-likeness (QED) is 0.554. The minimum absolute atomic E-state index is 0.554. The molecule has 0 saturated carbocycles. The van der Waals surface area contributed by atoms with Gasteiger partial charge in [0.15, 0.2) is 11.5 Å². The van der Waals surface area contributed by atoms with Crippen LogP contribution in [0.1, 0.15) is 24.5 Å². The second-order valence-corrected chi connectivity index (χ2v) is 5.16. The van der Waals surface area contributed by atoms with E-state index in [-0.39, 0.29) is 0 Å². The van der Waals surface area contributed by atoms with Crippen molar-refractivity contribution in [2.45, 2.75) is 13.3 Å². The Bertz CT molecular complexity index is 742. The minimum atomic E-state index is 0.554. The second kappa shape index (κ2) is 8.64. The largest absolute Gasteiger partial charge is 0.494 e. The molecule has 2 aromatic carbocycles. The fourth-order valence-electron chi connectivity index (χ4n) is 2.23. The lowest BCUT2D eigenvalue weighted by atomic mass is 10.0. The predicted molar refractivity (Wildman–Crippen MR) is 95.3 cm³/mol. The molecule has 0 fully saturated rings. The van der Waals surface area contributed by atoms with Crippen LogP contribution in [-0.4, -0.2) is 20.8 Å². The monoisotopic (exact) mass is 323 g/mol. The molecule has 2 rings (SSSR count). The lowest BCUT2D eigenvalue weighted by Crippen LogP contribution is -1.94. The lowest BCUT2D eigenvalue weighted by Gasteiger charge is -2.09. The third-order valence-electron chi connectivity index (χ3n) is 3.48. The van der Waals surface area contributed by atoms with Crippen LogP contribution in [0.3, 0.4) is 0 Å². The Labute approximate surface area is 142 Å². The summed E-state index contributed by atoms with van der Waals surface area (Å²) in [6.45, 7) is 2.77. The highest BCUT2D eigenvalue weighted by Gasteiger charge is 2.08. The fourth-order valence-corrected chi connectivity index (χ4v) is 2.23. The molecule has 0 bridgehead atoms. The minimum Gasteiger partial charge on any atom is -0.494 e. The maximum Gasteiger partial charge on any atom is 0.161 e. The molecule has 0 aliphatic rings. The molecule has 0 saturated heterocycles. The first-order valence-electron chi connectivity index (χ1n) is 7.79. The fraction of sp³-hybridized carbons (Fsp3) is 0.250. The summed E-state index contributed by atoms with van der Waals surface area (Å²) in [5, 5.41) is 9.49. The molecule has 0 spiro atoms. The van der Waals surface area contributed by atoms with Gasteiger partial charge in [-0.1, -0.05) is 19.1 Å². The van der Waals surface area contributed by atoms with Gasteiger partial charge in [-0.2, -0.15) is 5.26 Å². The molecular weight excluding hydrogens is 302 g/mol. The van der Waals surface area contributed by atoms with Gasteiger partial charge in [-0.3, -0.25) is 0 Å². The summed E-state index contributed by atoms with van der Waals surface area (Å²) in [7, 11) is 3.16. The van der Waals surface area contributed by atoms with Gasteiger partial charge in [0.25, 0.3) is 0 Å². The molecule has 4 nitrogen and oxygen atoms in total. The van der Waals surface area contributed by atoms with Gasteiger partial charge in [0, 0.05) is 0 Å². The smallest absolute Gasteiger partial charge is 0.161 e. The van der Waals surface area contributed by atoms with Crippen LogP contribution in [-0.2, 0) is 0 Å². The van der Waals surface area contributed by atoms with E-state index in [0.29, 0.717) is 23.7 Å². The van der Waals surface area contributed by atoms with Crippen molar-refractivity contribution in [2.75, 3.05) is 20.8 Å². The zero-order chi connectivity index (χ0) is 17.4. The van der Waals surface area contributed by atoms with E-state index in [1.807, 2.05) is 36.4 Å². The SMILES string of the molecule is CCCOc1ccc(/C=C(\C#N)c2ccc(OC)c(OC)c2)cc1. The van der Waals surface area contributed by atoms with Crippen LogP contribution in [0.15, 0.2) is 42.5 Å². The summed E-state index contributed by atoms with van der Waals surface area (Å²) in [5.74, 6) is 2.06. The third kappa shape index (κ3) is 4.30. The Morgan fingerprint density at radius 1 is 1.04 bits per heavy atom. The lowest BCUT2D eigenvalue weighted by molar-refractivity contribution is 0.317. The van der Waals surface area contributed by atoms with E-state index < -0.39 is 0 Å². The predicted octanol–water partition coefficient (Wildman–Crippen LogP) is 4.56. The number of nitrogens with zero attached hydrogens (tertiary/aromatic N) is 1. The summed E-state index contributed by atoms with van der Waals surface area (Å²) in [5.41, 5.74) is 2.27. The summed E-state index contributed by atoms with van der Waals surface area (Å²) >= 11 is 0. The molecule has 0 heterocycles. The highest BCUT2D eigenvalue weighted by Crippen LogP contribution is 2.31. The Balaban J connectivity index is 2.27. The van der Waals surface area contributed by atoms with E-state index in [1.54, 1.807) is 26.4 Å².